The highest BCUT2D eigenvalue weighted by atomic mass is 35.5. The molecule has 1 aliphatic rings. The minimum Gasteiger partial charge on any atom is -0.451 e. The number of esters is 1. The predicted octanol–water partition coefficient (Wildman–Crippen LogP) is 4.08. The van der Waals surface area contributed by atoms with Gasteiger partial charge in [0.05, 0.1) is 10.6 Å². The molecule has 0 aliphatic carbocycles. The van der Waals surface area contributed by atoms with Crippen LogP contribution in [0.5, 0.6) is 0 Å². The highest BCUT2D eigenvalue weighted by molar-refractivity contribution is 7.89. The van der Waals surface area contributed by atoms with Gasteiger partial charge in [-0.05, 0) is 62.2 Å². The van der Waals surface area contributed by atoms with E-state index in [0.717, 1.165) is 31.4 Å². The molecule has 0 N–H and O–H groups in total. The number of benzene rings is 2. The van der Waals surface area contributed by atoms with E-state index < -0.39 is 33.7 Å². The molecular weight excluding hydrogens is 433 g/mol. The summed E-state index contributed by atoms with van der Waals surface area (Å²) in [6.45, 7) is 2.19. The van der Waals surface area contributed by atoms with Gasteiger partial charge >= 0.3 is 5.97 Å². The minimum atomic E-state index is -3.85. The summed E-state index contributed by atoms with van der Waals surface area (Å²) >= 11 is 6.11. The minimum absolute atomic E-state index is 0.00700. The largest absolute Gasteiger partial charge is 0.451 e. The summed E-state index contributed by atoms with van der Waals surface area (Å²) in [5.41, 5.74) is 0.162. The molecule has 1 aliphatic heterocycles. The summed E-state index contributed by atoms with van der Waals surface area (Å²) in [5.74, 6) is -1.84. The van der Waals surface area contributed by atoms with Gasteiger partial charge in [-0.15, -0.1) is 0 Å². The average molecular weight is 454 g/mol. The maximum absolute atomic E-state index is 13.0. The molecule has 9 heteroatoms. The fourth-order valence-electron chi connectivity index (χ4n) is 3.20. The van der Waals surface area contributed by atoms with E-state index in [1.165, 1.54) is 41.6 Å². The molecule has 0 saturated carbocycles. The first kappa shape index (κ1) is 22.4. The number of hydrogen-bond donors (Lipinski definition) is 0. The van der Waals surface area contributed by atoms with Crippen molar-refractivity contribution in [2.45, 2.75) is 37.2 Å². The van der Waals surface area contributed by atoms with Gasteiger partial charge in [-0.1, -0.05) is 18.0 Å². The third kappa shape index (κ3) is 4.88. The van der Waals surface area contributed by atoms with Gasteiger partial charge in [0, 0.05) is 18.7 Å². The zero-order valence-corrected chi connectivity index (χ0v) is 17.9. The third-order valence-corrected chi connectivity index (χ3v) is 7.26. The zero-order valence-electron chi connectivity index (χ0n) is 16.3. The van der Waals surface area contributed by atoms with Crippen LogP contribution in [0.3, 0.4) is 0 Å². The number of carbonyl (C=O) groups excluding carboxylic acids is 2. The lowest BCUT2D eigenvalue weighted by Gasteiger charge is -2.26. The van der Waals surface area contributed by atoms with E-state index in [2.05, 4.69) is 0 Å². The van der Waals surface area contributed by atoms with Crippen LogP contribution in [0.15, 0.2) is 47.4 Å². The Morgan fingerprint density at radius 3 is 2.27 bits per heavy atom. The Balaban J connectivity index is 1.78. The average Bonchev–Trinajstić information content (AvgIpc) is 2.74. The molecule has 2 aromatic carbocycles. The Kier molecular flexibility index (Phi) is 6.90. The van der Waals surface area contributed by atoms with Gasteiger partial charge in [-0.2, -0.15) is 4.31 Å². The van der Waals surface area contributed by atoms with Crippen LogP contribution < -0.4 is 0 Å². The van der Waals surface area contributed by atoms with Crippen LogP contribution in [0.25, 0.3) is 0 Å². The molecular formula is C21H21ClFNO5S. The van der Waals surface area contributed by atoms with Crippen LogP contribution in [-0.2, 0) is 14.8 Å². The van der Waals surface area contributed by atoms with Gasteiger partial charge in [0.1, 0.15) is 10.7 Å². The molecule has 1 fully saturated rings. The van der Waals surface area contributed by atoms with Crippen molar-refractivity contribution in [3.63, 3.8) is 0 Å². The SMILES string of the molecule is CC(OC(=O)c1ccc(Cl)c(S(=O)(=O)N2CCCCC2)c1)C(=O)c1ccc(F)cc1. The molecule has 30 heavy (non-hydrogen) atoms. The number of nitrogens with zero attached hydrogens (tertiary/aromatic N) is 1. The molecule has 1 unspecified atom stereocenters. The van der Waals surface area contributed by atoms with E-state index in [1.807, 2.05) is 0 Å². The fraction of sp³-hybridized carbons (Fsp3) is 0.333. The number of Topliss-reactive ketones (excluding diaryl/α,β-unsaturated/α-hetero) is 1. The Hall–Kier alpha value is -2.29. The summed E-state index contributed by atoms with van der Waals surface area (Å²) in [4.78, 5) is 24.7. The van der Waals surface area contributed by atoms with Crippen molar-refractivity contribution in [3.8, 4) is 0 Å². The van der Waals surface area contributed by atoms with Crippen LogP contribution in [0.2, 0.25) is 5.02 Å². The number of carbonyl (C=O) groups is 2. The molecule has 0 amide bonds. The number of halogens is 2. The predicted molar refractivity (Wildman–Crippen MR) is 110 cm³/mol. The number of rotatable bonds is 6. The Bertz CT molecular complexity index is 1050. The second-order valence-corrected chi connectivity index (χ2v) is 9.34. The first-order valence-corrected chi connectivity index (χ1v) is 11.3. The Morgan fingerprint density at radius 2 is 1.63 bits per heavy atom. The zero-order chi connectivity index (χ0) is 21.9. The van der Waals surface area contributed by atoms with Gasteiger partial charge in [0.2, 0.25) is 15.8 Å². The first-order chi connectivity index (χ1) is 14.2. The van der Waals surface area contributed by atoms with Gasteiger partial charge in [0.25, 0.3) is 0 Å². The molecule has 1 atom stereocenters. The van der Waals surface area contributed by atoms with Crippen molar-refractivity contribution < 1.29 is 27.1 Å². The molecule has 160 valence electrons. The van der Waals surface area contributed by atoms with Crippen molar-refractivity contribution >= 4 is 33.4 Å². The van der Waals surface area contributed by atoms with Crippen molar-refractivity contribution in [3.05, 3.63) is 64.4 Å². The second-order valence-electron chi connectivity index (χ2n) is 7.03. The summed E-state index contributed by atoms with van der Waals surface area (Å²) in [6.07, 6.45) is 1.36. The van der Waals surface area contributed by atoms with Crippen LogP contribution in [0, 0.1) is 5.82 Å². The topological polar surface area (TPSA) is 80.8 Å². The molecule has 2 aromatic rings. The van der Waals surface area contributed by atoms with Gasteiger partial charge in [-0.25, -0.2) is 17.6 Å². The normalized spacial score (nSPS) is 16.1. The molecule has 1 saturated heterocycles. The number of piperidine rings is 1. The molecule has 0 radical (unpaired) electrons. The third-order valence-electron chi connectivity index (χ3n) is 4.88. The van der Waals surface area contributed by atoms with Crippen molar-refractivity contribution in [2.24, 2.45) is 0 Å². The van der Waals surface area contributed by atoms with Crippen molar-refractivity contribution in [1.29, 1.82) is 0 Å². The molecule has 0 aromatic heterocycles. The summed E-state index contributed by atoms with van der Waals surface area (Å²) in [5, 5.41) is 0.00700. The van der Waals surface area contributed by atoms with Crippen LogP contribution in [0.4, 0.5) is 4.39 Å². The van der Waals surface area contributed by atoms with E-state index in [4.69, 9.17) is 16.3 Å². The van der Waals surface area contributed by atoms with Crippen LogP contribution >= 0.6 is 11.6 Å². The number of ketones is 1. The van der Waals surface area contributed by atoms with Crippen LogP contribution in [-0.4, -0.2) is 43.7 Å². The number of ether oxygens (including phenoxy) is 1. The van der Waals surface area contributed by atoms with Gasteiger partial charge in [0.15, 0.2) is 6.10 Å². The first-order valence-electron chi connectivity index (χ1n) is 9.50. The van der Waals surface area contributed by atoms with Crippen molar-refractivity contribution in [1.82, 2.24) is 4.31 Å². The second kappa shape index (κ2) is 9.24. The molecule has 3 rings (SSSR count). The summed E-state index contributed by atoms with van der Waals surface area (Å²) in [6, 6.07) is 8.71. The molecule has 6 nitrogen and oxygen atoms in total. The summed E-state index contributed by atoms with van der Waals surface area (Å²) < 4.78 is 45.4. The molecule has 0 bridgehead atoms. The standard InChI is InChI=1S/C21H21ClFNO5S/c1-14(20(25)15-5-8-17(23)9-6-15)29-21(26)16-7-10-18(22)19(13-16)30(27,28)24-11-3-2-4-12-24/h5-10,13-14H,2-4,11-12H2,1H3. The monoisotopic (exact) mass is 453 g/mol. The summed E-state index contributed by atoms with van der Waals surface area (Å²) in [7, 11) is -3.85. The van der Waals surface area contributed by atoms with Gasteiger partial charge < -0.3 is 4.74 Å². The van der Waals surface area contributed by atoms with Gasteiger partial charge in [-0.3, -0.25) is 4.79 Å². The van der Waals surface area contributed by atoms with E-state index in [-0.39, 0.29) is 21.0 Å². The fourth-order valence-corrected chi connectivity index (χ4v) is 5.22. The van der Waals surface area contributed by atoms with E-state index in [1.54, 1.807) is 0 Å². The lowest BCUT2D eigenvalue weighted by atomic mass is 10.1. The smallest absolute Gasteiger partial charge is 0.338 e. The Labute approximate surface area is 179 Å². The van der Waals surface area contributed by atoms with E-state index in [9.17, 15) is 22.4 Å². The number of sulfonamides is 1. The maximum Gasteiger partial charge on any atom is 0.338 e. The van der Waals surface area contributed by atoms with Crippen molar-refractivity contribution in [2.75, 3.05) is 13.1 Å². The highest BCUT2D eigenvalue weighted by Crippen LogP contribution is 2.28. The lowest BCUT2D eigenvalue weighted by molar-refractivity contribution is 0.0318. The number of hydrogen-bond acceptors (Lipinski definition) is 5. The highest BCUT2D eigenvalue weighted by Gasteiger charge is 2.29. The molecule has 1 heterocycles. The lowest BCUT2D eigenvalue weighted by Crippen LogP contribution is -2.35. The van der Waals surface area contributed by atoms with Crippen LogP contribution in [0.1, 0.15) is 46.9 Å². The molecule has 0 spiro atoms. The quantitative estimate of drug-likeness (QED) is 0.486. The maximum atomic E-state index is 13.0. The van der Waals surface area contributed by atoms with E-state index in [0.29, 0.717) is 13.1 Å². The Morgan fingerprint density at radius 1 is 1.03 bits per heavy atom. The van der Waals surface area contributed by atoms with E-state index >= 15 is 0 Å².